The highest BCUT2D eigenvalue weighted by Crippen LogP contribution is 2.38. The zero-order valence-corrected chi connectivity index (χ0v) is 10.0. The Labute approximate surface area is 103 Å². The maximum Gasteiger partial charge on any atom is 0.297 e. The third kappa shape index (κ3) is 1.55. The molecule has 2 heterocycles. The summed E-state index contributed by atoms with van der Waals surface area (Å²) in [6.07, 6.45) is 0. The van der Waals surface area contributed by atoms with Crippen molar-refractivity contribution in [2.75, 3.05) is 0 Å². The highest BCUT2D eigenvalue weighted by Gasteiger charge is 2.21. The molecule has 0 bridgehead atoms. The second-order valence-electron chi connectivity index (χ2n) is 4.39. The lowest BCUT2D eigenvalue weighted by atomic mass is 10.2. The zero-order chi connectivity index (χ0) is 12.7. The summed E-state index contributed by atoms with van der Waals surface area (Å²) in [5, 5.41) is 14.6. The number of para-hydroxylation sites is 1. The minimum atomic E-state index is 0.0320. The van der Waals surface area contributed by atoms with E-state index in [1.807, 2.05) is 26.0 Å². The molecule has 0 aliphatic heterocycles. The first-order chi connectivity index (χ1) is 8.66. The van der Waals surface area contributed by atoms with Crippen LogP contribution in [0.3, 0.4) is 0 Å². The van der Waals surface area contributed by atoms with Crippen LogP contribution in [0.4, 0.5) is 0 Å². The molecule has 0 aliphatic rings. The van der Waals surface area contributed by atoms with E-state index in [1.165, 1.54) is 0 Å². The van der Waals surface area contributed by atoms with Gasteiger partial charge in [-0.2, -0.15) is 4.98 Å². The van der Waals surface area contributed by atoms with Crippen molar-refractivity contribution in [1.82, 2.24) is 10.1 Å². The van der Waals surface area contributed by atoms with Gasteiger partial charge >= 0.3 is 0 Å². The lowest BCUT2D eigenvalue weighted by Gasteiger charge is -1.92. The number of furan rings is 1. The van der Waals surface area contributed by atoms with Gasteiger partial charge in [-0.25, -0.2) is 0 Å². The summed E-state index contributed by atoms with van der Waals surface area (Å²) in [6, 6.07) is 7.22. The van der Waals surface area contributed by atoms with E-state index in [0.717, 1.165) is 0 Å². The molecular formula is C13H12N2O3. The van der Waals surface area contributed by atoms with Crippen molar-refractivity contribution in [2.45, 2.75) is 19.8 Å². The fourth-order valence-electron chi connectivity index (χ4n) is 1.74. The van der Waals surface area contributed by atoms with E-state index in [-0.39, 0.29) is 23.3 Å². The van der Waals surface area contributed by atoms with Crippen LogP contribution in [0.15, 0.2) is 33.2 Å². The predicted octanol–water partition coefficient (Wildman–Crippen LogP) is 3.31. The third-order valence-corrected chi connectivity index (χ3v) is 2.72. The second kappa shape index (κ2) is 3.87. The Bertz CT molecular complexity index is 697. The van der Waals surface area contributed by atoms with Crippen LogP contribution < -0.4 is 0 Å². The number of nitrogens with zero attached hydrogens (tertiary/aromatic N) is 2. The molecule has 0 saturated heterocycles. The van der Waals surface area contributed by atoms with Crippen molar-refractivity contribution in [3.63, 3.8) is 0 Å². The summed E-state index contributed by atoms with van der Waals surface area (Å²) < 4.78 is 10.6. The number of aromatic hydroxyl groups is 1. The molecular weight excluding hydrogens is 232 g/mol. The van der Waals surface area contributed by atoms with Crippen molar-refractivity contribution in [2.24, 2.45) is 0 Å². The minimum absolute atomic E-state index is 0.0320. The molecule has 0 spiro atoms. The van der Waals surface area contributed by atoms with Gasteiger partial charge < -0.3 is 14.0 Å². The fraction of sp³-hybridized carbons (Fsp3) is 0.231. The molecule has 3 aromatic rings. The normalized spacial score (nSPS) is 11.5. The highest BCUT2D eigenvalue weighted by molar-refractivity contribution is 5.89. The number of hydrogen-bond donors (Lipinski definition) is 1. The smallest absolute Gasteiger partial charge is 0.297 e. The van der Waals surface area contributed by atoms with Crippen LogP contribution in [-0.2, 0) is 0 Å². The van der Waals surface area contributed by atoms with Crippen molar-refractivity contribution < 1.29 is 14.0 Å². The molecule has 5 heteroatoms. The molecule has 0 radical (unpaired) electrons. The molecule has 18 heavy (non-hydrogen) atoms. The van der Waals surface area contributed by atoms with Gasteiger partial charge in [-0.1, -0.05) is 31.1 Å². The van der Waals surface area contributed by atoms with Crippen LogP contribution in [-0.4, -0.2) is 15.2 Å². The number of rotatable bonds is 2. The maximum atomic E-state index is 10.1. The maximum absolute atomic E-state index is 10.1. The van der Waals surface area contributed by atoms with E-state index in [4.69, 9.17) is 8.94 Å². The third-order valence-electron chi connectivity index (χ3n) is 2.72. The summed E-state index contributed by atoms with van der Waals surface area (Å²) in [7, 11) is 0. The number of hydrogen-bond acceptors (Lipinski definition) is 5. The van der Waals surface area contributed by atoms with Crippen molar-refractivity contribution in [1.29, 1.82) is 0 Å². The lowest BCUT2D eigenvalue weighted by Crippen LogP contribution is -1.89. The van der Waals surface area contributed by atoms with Gasteiger partial charge in [0.05, 0.1) is 5.39 Å². The molecule has 1 N–H and O–H groups in total. The fourth-order valence-corrected chi connectivity index (χ4v) is 1.74. The number of aromatic nitrogens is 2. The van der Waals surface area contributed by atoms with Gasteiger partial charge in [0.25, 0.3) is 5.89 Å². The molecule has 0 saturated carbocycles. The van der Waals surface area contributed by atoms with Gasteiger partial charge in [0.1, 0.15) is 5.58 Å². The molecule has 3 rings (SSSR count). The van der Waals surface area contributed by atoms with Gasteiger partial charge in [0, 0.05) is 5.92 Å². The summed E-state index contributed by atoms with van der Waals surface area (Å²) in [4.78, 5) is 4.20. The van der Waals surface area contributed by atoms with Crippen molar-refractivity contribution in [3.05, 3.63) is 30.1 Å². The molecule has 0 amide bonds. The van der Waals surface area contributed by atoms with E-state index in [9.17, 15) is 5.11 Å². The molecule has 0 atom stereocenters. The van der Waals surface area contributed by atoms with Crippen molar-refractivity contribution >= 4 is 11.0 Å². The van der Waals surface area contributed by atoms with E-state index < -0.39 is 0 Å². The van der Waals surface area contributed by atoms with Gasteiger partial charge in [-0.15, -0.1) is 0 Å². The van der Waals surface area contributed by atoms with Crippen LogP contribution in [0.1, 0.15) is 25.6 Å². The van der Waals surface area contributed by atoms with Crippen LogP contribution in [0.2, 0.25) is 0 Å². The van der Waals surface area contributed by atoms with Gasteiger partial charge in [0.2, 0.25) is 5.76 Å². The lowest BCUT2D eigenvalue weighted by molar-refractivity contribution is 0.401. The van der Waals surface area contributed by atoms with E-state index in [1.54, 1.807) is 12.1 Å². The average Bonchev–Trinajstić information content (AvgIpc) is 2.95. The van der Waals surface area contributed by atoms with E-state index in [0.29, 0.717) is 16.8 Å². The van der Waals surface area contributed by atoms with Crippen LogP contribution >= 0.6 is 0 Å². The molecule has 1 aromatic carbocycles. The van der Waals surface area contributed by atoms with Crippen molar-refractivity contribution in [3.8, 4) is 17.4 Å². The molecule has 5 nitrogen and oxygen atoms in total. The average molecular weight is 244 g/mol. The SMILES string of the molecule is CC(C)c1noc(-c2oc3ccccc3c2O)n1. The minimum Gasteiger partial charge on any atom is -0.504 e. The highest BCUT2D eigenvalue weighted by atomic mass is 16.5. The summed E-state index contributed by atoms with van der Waals surface area (Å²) in [6.45, 7) is 3.93. The monoisotopic (exact) mass is 244 g/mol. The number of fused-ring (bicyclic) bond motifs is 1. The van der Waals surface area contributed by atoms with Gasteiger partial charge in [-0.3, -0.25) is 0 Å². The van der Waals surface area contributed by atoms with E-state index >= 15 is 0 Å². The Kier molecular flexibility index (Phi) is 2.33. The quantitative estimate of drug-likeness (QED) is 0.748. The first kappa shape index (κ1) is 10.8. The summed E-state index contributed by atoms with van der Waals surface area (Å²) >= 11 is 0. The first-order valence-electron chi connectivity index (χ1n) is 5.71. The Morgan fingerprint density at radius 3 is 2.67 bits per heavy atom. The topological polar surface area (TPSA) is 72.3 Å². The van der Waals surface area contributed by atoms with Crippen LogP contribution in [0.25, 0.3) is 22.6 Å². The standard InChI is InChI=1S/C13H12N2O3/c1-7(2)12-14-13(18-15-12)11-10(16)8-5-3-4-6-9(8)17-11/h3-7,16H,1-2H3. The predicted molar refractivity (Wildman–Crippen MR) is 65.3 cm³/mol. The molecule has 0 fully saturated rings. The van der Waals surface area contributed by atoms with E-state index in [2.05, 4.69) is 10.1 Å². The molecule has 92 valence electrons. The summed E-state index contributed by atoms with van der Waals surface area (Å²) in [5.41, 5.74) is 0.592. The summed E-state index contributed by atoms with van der Waals surface area (Å²) in [5.74, 6) is 1.20. The Morgan fingerprint density at radius 1 is 1.22 bits per heavy atom. The van der Waals surface area contributed by atoms with Crippen LogP contribution in [0, 0.1) is 0 Å². The Hall–Kier alpha value is -2.30. The molecule has 0 aliphatic carbocycles. The molecule has 2 aromatic heterocycles. The molecule has 0 unspecified atom stereocenters. The Morgan fingerprint density at radius 2 is 2.00 bits per heavy atom. The van der Waals surface area contributed by atoms with Gasteiger partial charge in [-0.05, 0) is 12.1 Å². The van der Waals surface area contributed by atoms with Gasteiger partial charge in [0.15, 0.2) is 11.6 Å². The first-order valence-corrected chi connectivity index (χ1v) is 5.71. The Balaban J connectivity index is 2.15. The second-order valence-corrected chi connectivity index (χ2v) is 4.39. The zero-order valence-electron chi connectivity index (χ0n) is 10.0. The van der Waals surface area contributed by atoms with Crippen LogP contribution in [0.5, 0.6) is 5.75 Å². The largest absolute Gasteiger partial charge is 0.504 e. The number of benzene rings is 1.